The van der Waals surface area contributed by atoms with Gasteiger partial charge >= 0.3 is 0 Å². The lowest BCUT2D eigenvalue weighted by Gasteiger charge is -2.12. The quantitative estimate of drug-likeness (QED) is 0.348. The van der Waals surface area contributed by atoms with Gasteiger partial charge in [-0.25, -0.2) is 0 Å². The van der Waals surface area contributed by atoms with Crippen LogP contribution in [0.4, 0.5) is 5.69 Å². The Morgan fingerprint density at radius 1 is 1.15 bits per heavy atom. The third-order valence-corrected chi connectivity index (χ3v) is 5.79. The van der Waals surface area contributed by atoms with E-state index in [0.717, 1.165) is 22.4 Å². The lowest BCUT2D eigenvalue weighted by Crippen LogP contribution is -2.15. The van der Waals surface area contributed by atoms with Gasteiger partial charge in [-0.2, -0.15) is 5.10 Å². The Balaban J connectivity index is 1.45. The molecule has 1 amide bonds. The first kappa shape index (κ1) is 22.9. The molecule has 170 valence electrons. The first-order chi connectivity index (χ1) is 15.8. The van der Waals surface area contributed by atoms with Crippen LogP contribution in [0.1, 0.15) is 38.5 Å². The second kappa shape index (κ2) is 9.68. The molecule has 0 saturated carbocycles. The van der Waals surface area contributed by atoms with E-state index in [1.807, 2.05) is 38.1 Å². The predicted octanol–water partition coefficient (Wildman–Crippen LogP) is 5.98. The highest BCUT2D eigenvalue weighted by Gasteiger charge is 2.21. The van der Waals surface area contributed by atoms with E-state index in [1.165, 1.54) is 0 Å². The van der Waals surface area contributed by atoms with Crippen LogP contribution in [0.15, 0.2) is 53.3 Å². The van der Waals surface area contributed by atoms with E-state index in [2.05, 4.69) is 15.6 Å². The summed E-state index contributed by atoms with van der Waals surface area (Å²) in [6.07, 6.45) is 3.27. The average Bonchev–Trinajstić information content (AvgIpc) is 3.36. The number of benzene rings is 2. The van der Waals surface area contributed by atoms with Gasteiger partial charge in [-0.3, -0.25) is 9.48 Å². The summed E-state index contributed by atoms with van der Waals surface area (Å²) in [5.74, 6) is 0.905. The zero-order valence-electron chi connectivity index (χ0n) is 18.4. The van der Waals surface area contributed by atoms with Gasteiger partial charge in [-0.05, 0) is 49.6 Å². The molecule has 33 heavy (non-hydrogen) atoms. The molecule has 2 aromatic heterocycles. The van der Waals surface area contributed by atoms with Crippen LogP contribution in [-0.4, -0.2) is 20.8 Å². The Labute approximate surface area is 201 Å². The third kappa shape index (κ3) is 5.21. The highest BCUT2D eigenvalue weighted by molar-refractivity contribution is 6.35. The molecule has 4 rings (SSSR count). The highest BCUT2D eigenvalue weighted by atomic mass is 35.5. The van der Waals surface area contributed by atoms with E-state index in [-0.39, 0.29) is 12.3 Å². The molecule has 2 aromatic carbocycles. The van der Waals surface area contributed by atoms with E-state index in [0.29, 0.717) is 33.6 Å². The van der Waals surface area contributed by atoms with E-state index < -0.39 is 5.91 Å². The van der Waals surface area contributed by atoms with Crippen molar-refractivity contribution in [3.05, 3.63) is 92.5 Å². The molecule has 4 aromatic rings. The van der Waals surface area contributed by atoms with Gasteiger partial charge in [0.1, 0.15) is 18.1 Å². The second-order valence-corrected chi connectivity index (χ2v) is 8.54. The average molecular weight is 485 g/mol. The summed E-state index contributed by atoms with van der Waals surface area (Å²) in [6.45, 7) is 6.31. The van der Waals surface area contributed by atoms with Gasteiger partial charge < -0.3 is 14.6 Å². The summed E-state index contributed by atoms with van der Waals surface area (Å²) in [7, 11) is 0. The third-order valence-electron chi connectivity index (χ3n) is 5.21. The zero-order chi connectivity index (χ0) is 23.5. The Morgan fingerprint density at radius 2 is 1.91 bits per heavy atom. The molecule has 0 aliphatic carbocycles. The van der Waals surface area contributed by atoms with Crippen molar-refractivity contribution in [2.24, 2.45) is 0 Å². The smallest absolute Gasteiger partial charge is 0.278 e. The Hall–Kier alpha value is -3.29. The molecule has 0 spiro atoms. The maximum Gasteiger partial charge on any atom is 0.278 e. The predicted molar refractivity (Wildman–Crippen MR) is 127 cm³/mol. The molecule has 0 unspecified atom stereocenters. The van der Waals surface area contributed by atoms with Gasteiger partial charge in [0.15, 0.2) is 5.69 Å². The number of halogens is 2. The molecule has 0 aliphatic heterocycles. The molecule has 0 atom stereocenters. The van der Waals surface area contributed by atoms with Crippen molar-refractivity contribution >= 4 is 34.8 Å². The molecule has 7 nitrogen and oxygen atoms in total. The Kier molecular flexibility index (Phi) is 6.72. The second-order valence-electron chi connectivity index (χ2n) is 7.69. The molecule has 1 N–H and O–H groups in total. The summed E-state index contributed by atoms with van der Waals surface area (Å²) in [5.41, 5.74) is 4.18. The number of hydrogen-bond acceptors (Lipinski definition) is 5. The maximum absolute atomic E-state index is 12.9. The number of nitrogens with one attached hydrogen (secondary N) is 1. The minimum Gasteiger partial charge on any atom is -0.488 e. The molecule has 0 fully saturated rings. The van der Waals surface area contributed by atoms with Crippen molar-refractivity contribution in [2.75, 3.05) is 5.32 Å². The Morgan fingerprint density at radius 3 is 2.64 bits per heavy atom. The largest absolute Gasteiger partial charge is 0.488 e. The van der Waals surface area contributed by atoms with Crippen molar-refractivity contribution in [2.45, 2.75) is 33.9 Å². The SMILES string of the molecule is Cc1cccc(C)c1OCc1c(C(=O)Nc2cnn(Cc3ccc(Cl)cc3Cl)c2)noc1C. The molecule has 0 aliphatic rings. The van der Waals surface area contributed by atoms with E-state index >= 15 is 0 Å². The number of aryl methyl sites for hydroxylation is 3. The van der Waals surface area contributed by atoms with Crippen LogP contribution in [-0.2, 0) is 13.2 Å². The fraction of sp³-hybridized carbons (Fsp3) is 0.208. The van der Waals surface area contributed by atoms with Crippen molar-refractivity contribution in [1.29, 1.82) is 0 Å². The van der Waals surface area contributed by atoms with Gasteiger partial charge in [0, 0.05) is 16.2 Å². The van der Waals surface area contributed by atoms with Gasteiger partial charge in [0.2, 0.25) is 0 Å². The fourth-order valence-corrected chi connectivity index (χ4v) is 3.91. The number of nitrogens with zero attached hydrogens (tertiary/aromatic N) is 3. The standard InChI is InChI=1S/C24H22Cl2N4O3/c1-14-5-4-6-15(2)23(14)32-13-20-16(3)33-29-22(20)24(31)28-19-10-27-30(12-19)11-17-7-8-18(25)9-21(17)26/h4-10,12H,11,13H2,1-3H3,(H,28,31). The minimum absolute atomic E-state index is 0.165. The molecule has 0 bridgehead atoms. The molecule has 9 heteroatoms. The lowest BCUT2D eigenvalue weighted by molar-refractivity contribution is 0.101. The number of carbonyl (C=O) groups is 1. The van der Waals surface area contributed by atoms with Crippen LogP contribution in [0.2, 0.25) is 10.0 Å². The lowest BCUT2D eigenvalue weighted by atomic mass is 10.1. The number of amides is 1. The number of carbonyl (C=O) groups excluding carboxylic acids is 1. The van der Waals surface area contributed by atoms with Crippen molar-refractivity contribution in [3.63, 3.8) is 0 Å². The first-order valence-corrected chi connectivity index (χ1v) is 11.0. The van der Waals surface area contributed by atoms with Crippen molar-refractivity contribution < 1.29 is 14.1 Å². The van der Waals surface area contributed by atoms with Gasteiger partial charge in [-0.1, -0.05) is 52.6 Å². The molecular weight excluding hydrogens is 463 g/mol. The van der Waals surface area contributed by atoms with Gasteiger partial charge in [-0.15, -0.1) is 0 Å². The van der Waals surface area contributed by atoms with E-state index in [1.54, 1.807) is 36.1 Å². The normalized spacial score (nSPS) is 10.9. The highest BCUT2D eigenvalue weighted by Crippen LogP contribution is 2.26. The first-order valence-electron chi connectivity index (χ1n) is 10.2. The molecule has 2 heterocycles. The molecule has 0 saturated heterocycles. The number of hydrogen-bond donors (Lipinski definition) is 1. The number of rotatable bonds is 7. The van der Waals surface area contributed by atoms with Gasteiger partial charge in [0.05, 0.1) is 24.0 Å². The van der Waals surface area contributed by atoms with Crippen LogP contribution >= 0.6 is 23.2 Å². The van der Waals surface area contributed by atoms with Crippen molar-refractivity contribution in [3.8, 4) is 5.75 Å². The fourth-order valence-electron chi connectivity index (χ4n) is 3.44. The maximum atomic E-state index is 12.9. The van der Waals surface area contributed by atoms with E-state index in [9.17, 15) is 4.79 Å². The number of aromatic nitrogens is 3. The van der Waals surface area contributed by atoms with Crippen molar-refractivity contribution in [1.82, 2.24) is 14.9 Å². The number of para-hydroxylation sites is 1. The summed E-state index contributed by atoms with van der Waals surface area (Å²) in [4.78, 5) is 12.9. The topological polar surface area (TPSA) is 82.2 Å². The summed E-state index contributed by atoms with van der Waals surface area (Å²) >= 11 is 12.2. The summed E-state index contributed by atoms with van der Waals surface area (Å²) < 4.78 is 12.9. The summed E-state index contributed by atoms with van der Waals surface area (Å²) in [6, 6.07) is 11.2. The van der Waals surface area contributed by atoms with Crippen LogP contribution in [0.25, 0.3) is 0 Å². The summed E-state index contributed by atoms with van der Waals surface area (Å²) in [5, 5.41) is 12.2. The van der Waals surface area contributed by atoms with Gasteiger partial charge in [0.25, 0.3) is 5.91 Å². The Bertz CT molecular complexity index is 1290. The zero-order valence-corrected chi connectivity index (χ0v) is 19.9. The number of anilines is 1. The van der Waals surface area contributed by atoms with E-state index in [4.69, 9.17) is 32.5 Å². The molecular formula is C24H22Cl2N4O3. The molecule has 0 radical (unpaired) electrons. The minimum atomic E-state index is -0.406. The van der Waals surface area contributed by atoms with Crippen LogP contribution in [0, 0.1) is 20.8 Å². The van der Waals surface area contributed by atoms with Crippen LogP contribution in [0.3, 0.4) is 0 Å². The monoisotopic (exact) mass is 484 g/mol. The number of ether oxygens (including phenoxy) is 1. The van der Waals surface area contributed by atoms with Crippen LogP contribution in [0.5, 0.6) is 5.75 Å². The van der Waals surface area contributed by atoms with Crippen LogP contribution < -0.4 is 10.1 Å².